The Kier molecular flexibility index (Phi) is 17.2. The SMILES string of the molecule is CCCCOC(COP=O)CC(OCCCC)OCCCC. The van der Waals surface area contributed by atoms with Crippen LogP contribution >= 0.6 is 8.69 Å². The molecule has 0 radical (unpaired) electrons. The van der Waals surface area contributed by atoms with Gasteiger partial charge in [-0.25, -0.2) is 4.57 Å². The minimum absolute atomic E-state index is 0.152. The number of hydrogen-bond donors (Lipinski definition) is 0. The van der Waals surface area contributed by atoms with Crippen molar-refractivity contribution in [2.75, 3.05) is 26.4 Å². The maximum absolute atomic E-state index is 10.5. The largest absolute Gasteiger partial charge is 0.376 e. The molecule has 0 aliphatic heterocycles. The molecule has 0 N–H and O–H groups in total. The van der Waals surface area contributed by atoms with Crippen molar-refractivity contribution in [1.82, 2.24) is 0 Å². The molecular formula is C16H33O5P. The van der Waals surface area contributed by atoms with Crippen LogP contribution < -0.4 is 0 Å². The second kappa shape index (κ2) is 17.3. The first-order valence-corrected chi connectivity index (χ1v) is 9.30. The average Bonchev–Trinajstić information content (AvgIpc) is 2.52. The molecule has 1 atom stereocenters. The van der Waals surface area contributed by atoms with Crippen LogP contribution in [0, 0.1) is 0 Å². The van der Waals surface area contributed by atoms with Crippen LogP contribution in [0.4, 0.5) is 0 Å². The van der Waals surface area contributed by atoms with Crippen LogP contribution in [0.2, 0.25) is 0 Å². The first kappa shape index (κ1) is 21.9. The highest BCUT2D eigenvalue weighted by molar-refractivity contribution is 7.17. The Hall–Kier alpha value is -0.0600. The molecule has 0 aromatic rings. The monoisotopic (exact) mass is 336 g/mol. The van der Waals surface area contributed by atoms with Crippen LogP contribution in [0.25, 0.3) is 0 Å². The van der Waals surface area contributed by atoms with Crippen molar-refractivity contribution in [3.05, 3.63) is 0 Å². The van der Waals surface area contributed by atoms with Crippen molar-refractivity contribution in [3.63, 3.8) is 0 Å². The summed E-state index contributed by atoms with van der Waals surface area (Å²) < 4.78 is 32.9. The molecule has 0 amide bonds. The van der Waals surface area contributed by atoms with Crippen LogP contribution in [0.15, 0.2) is 0 Å². The van der Waals surface area contributed by atoms with Gasteiger partial charge in [-0.2, -0.15) is 0 Å². The summed E-state index contributed by atoms with van der Waals surface area (Å²) in [6.07, 6.45) is 6.48. The Morgan fingerprint density at radius 1 is 0.818 bits per heavy atom. The normalized spacial score (nSPS) is 13.1. The van der Waals surface area contributed by atoms with E-state index in [1.165, 1.54) is 0 Å². The van der Waals surface area contributed by atoms with Crippen molar-refractivity contribution in [3.8, 4) is 0 Å². The van der Waals surface area contributed by atoms with Gasteiger partial charge >= 0.3 is 8.69 Å². The topological polar surface area (TPSA) is 54.0 Å². The molecule has 132 valence electrons. The van der Waals surface area contributed by atoms with E-state index in [2.05, 4.69) is 20.8 Å². The summed E-state index contributed by atoms with van der Waals surface area (Å²) in [6, 6.07) is 0. The number of ether oxygens (including phenoxy) is 3. The van der Waals surface area contributed by atoms with Gasteiger partial charge < -0.3 is 14.2 Å². The summed E-state index contributed by atoms with van der Waals surface area (Å²) in [6.45, 7) is 8.74. The van der Waals surface area contributed by atoms with E-state index in [9.17, 15) is 4.57 Å². The minimum atomic E-state index is -0.315. The van der Waals surface area contributed by atoms with Gasteiger partial charge in [0, 0.05) is 26.2 Å². The van der Waals surface area contributed by atoms with E-state index in [4.69, 9.17) is 18.7 Å². The first-order valence-electron chi connectivity index (χ1n) is 8.57. The fourth-order valence-corrected chi connectivity index (χ4v) is 2.04. The number of unbranched alkanes of at least 4 members (excludes halogenated alkanes) is 3. The second-order valence-electron chi connectivity index (χ2n) is 5.33. The molecular weight excluding hydrogens is 303 g/mol. The van der Waals surface area contributed by atoms with E-state index in [0.29, 0.717) is 32.8 Å². The predicted molar refractivity (Wildman–Crippen MR) is 88.3 cm³/mol. The van der Waals surface area contributed by atoms with Crippen molar-refractivity contribution >= 4 is 8.69 Å². The third-order valence-electron chi connectivity index (χ3n) is 3.22. The summed E-state index contributed by atoms with van der Waals surface area (Å²) in [5, 5.41) is 0. The fraction of sp³-hybridized carbons (Fsp3) is 1.00. The van der Waals surface area contributed by atoms with E-state index in [-0.39, 0.29) is 21.1 Å². The molecule has 5 nitrogen and oxygen atoms in total. The lowest BCUT2D eigenvalue weighted by atomic mass is 10.2. The van der Waals surface area contributed by atoms with Gasteiger partial charge in [-0.15, -0.1) is 0 Å². The standard InChI is InChI=1S/C16H33O5P/c1-4-7-10-18-15(14-21-22-17)13-16(19-11-8-5-2)20-12-9-6-3/h15-16H,4-14H2,1-3H3. The molecule has 0 fully saturated rings. The number of rotatable bonds is 17. The highest BCUT2D eigenvalue weighted by atomic mass is 31.1. The molecule has 0 aliphatic rings. The predicted octanol–water partition coefficient (Wildman–Crippen LogP) is 4.74. The van der Waals surface area contributed by atoms with Gasteiger partial charge in [-0.05, 0) is 19.3 Å². The van der Waals surface area contributed by atoms with Crippen molar-refractivity contribution in [2.45, 2.75) is 78.1 Å². The van der Waals surface area contributed by atoms with Gasteiger partial charge in [0.25, 0.3) is 0 Å². The van der Waals surface area contributed by atoms with E-state index in [1.54, 1.807) is 0 Å². The quantitative estimate of drug-likeness (QED) is 0.218. The summed E-state index contributed by atoms with van der Waals surface area (Å²) >= 11 is 0. The smallest absolute Gasteiger partial charge is 0.327 e. The fourth-order valence-electron chi connectivity index (χ4n) is 1.81. The van der Waals surface area contributed by atoms with Crippen LogP contribution in [-0.2, 0) is 23.3 Å². The van der Waals surface area contributed by atoms with Gasteiger partial charge in [0.1, 0.15) is 0 Å². The van der Waals surface area contributed by atoms with Crippen molar-refractivity contribution < 1.29 is 23.3 Å². The lowest BCUT2D eigenvalue weighted by Crippen LogP contribution is -2.29. The molecule has 0 heterocycles. The van der Waals surface area contributed by atoms with Crippen molar-refractivity contribution in [2.24, 2.45) is 0 Å². The molecule has 0 aliphatic carbocycles. The highest BCUT2D eigenvalue weighted by Gasteiger charge is 2.19. The Balaban J connectivity index is 4.29. The van der Waals surface area contributed by atoms with Gasteiger partial charge in [0.2, 0.25) is 0 Å². The number of hydrogen-bond acceptors (Lipinski definition) is 5. The van der Waals surface area contributed by atoms with Crippen LogP contribution in [0.1, 0.15) is 65.7 Å². The van der Waals surface area contributed by atoms with E-state index in [1.807, 2.05) is 0 Å². The van der Waals surface area contributed by atoms with E-state index in [0.717, 1.165) is 38.5 Å². The van der Waals surface area contributed by atoms with Gasteiger partial charge in [-0.3, -0.25) is 4.52 Å². The third-order valence-corrected chi connectivity index (χ3v) is 3.48. The summed E-state index contributed by atoms with van der Waals surface area (Å²) in [5.41, 5.74) is 0. The first-order chi connectivity index (χ1) is 10.8. The molecule has 6 heteroatoms. The molecule has 0 aromatic heterocycles. The Labute approximate surface area is 137 Å². The molecule has 0 spiro atoms. The van der Waals surface area contributed by atoms with Gasteiger partial charge in [-0.1, -0.05) is 40.0 Å². The minimum Gasteiger partial charge on any atom is -0.376 e. The third kappa shape index (κ3) is 13.6. The molecule has 1 unspecified atom stereocenters. The average molecular weight is 336 g/mol. The van der Waals surface area contributed by atoms with Crippen LogP contribution in [-0.4, -0.2) is 38.8 Å². The molecule has 0 saturated heterocycles. The van der Waals surface area contributed by atoms with E-state index >= 15 is 0 Å². The maximum atomic E-state index is 10.5. The van der Waals surface area contributed by atoms with Crippen LogP contribution in [0.3, 0.4) is 0 Å². The summed E-state index contributed by atoms with van der Waals surface area (Å²) in [5.74, 6) is 0. The highest BCUT2D eigenvalue weighted by Crippen LogP contribution is 2.13. The van der Waals surface area contributed by atoms with Crippen LogP contribution in [0.5, 0.6) is 0 Å². The molecule has 0 rings (SSSR count). The second-order valence-corrected chi connectivity index (χ2v) is 5.74. The molecule has 0 aromatic carbocycles. The van der Waals surface area contributed by atoms with Gasteiger partial charge in [0.05, 0.1) is 12.7 Å². The lowest BCUT2D eigenvalue weighted by Gasteiger charge is -2.24. The molecule has 0 saturated carbocycles. The Morgan fingerprint density at radius 2 is 1.32 bits per heavy atom. The maximum Gasteiger partial charge on any atom is 0.327 e. The van der Waals surface area contributed by atoms with E-state index < -0.39 is 0 Å². The zero-order valence-corrected chi connectivity index (χ0v) is 15.3. The summed E-state index contributed by atoms with van der Waals surface area (Å²) in [7, 11) is -0.315. The summed E-state index contributed by atoms with van der Waals surface area (Å²) in [4.78, 5) is 0. The van der Waals surface area contributed by atoms with Gasteiger partial charge in [0.15, 0.2) is 6.29 Å². The zero-order valence-electron chi connectivity index (χ0n) is 14.4. The van der Waals surface area contributed by atoms with Crippen molar-refractivity contribution in [1.29, 1.82) is 0 Å². The molecule has 0 bridgehead atoms. The lowest BCUT2D eigenvalue weighted by molar-refractivity contribution is -0.166. The zero-order chi connectivity index (χ0) is 16.5. The molecule has 22 heavy (non-hydrogen) atoms. The Bertz CT molecular complexity index is 231. The Morgan fingerprint density at radius 3 is 1.77 bits per heavy atom.